The lowest BCUT2D eigenvalue weighted by molar-refractivity contribution is -0.127. The van der Waals surface area contributed by atoms with Crippen molar-refractivity contribution in [3.8, 4) is 5.75 Å². The standard InChI is InChI=1S/C22H28N2O4/c1-4-27-19-13-20-18(16(3)14-28-20)12-17(19)15(2)11-21(25)23-8-6-10-24-9-5-7-22(24)26/h11-14H,4-10H2,1-3H3,(H,23,25)/b15-11+. The minimum Gasteiger partial charge on any atom is -0.493 e. The summed E-state index contributed by atoms with van der Waals surface area (Å²) in [5.74, 6) is 0.783. The first-order valence-corrected chi connectivity index (χ1v) is 9.88. The predicted octanol–water partition coefficient (Wildman–Crippen LogP) is 3.67. The van der Waals surface area contributed by atoms with Crippen molar-refractivity contribution in [3.05, 3.63) is 35.6 Å². The third-order valence-corrected chi connectivity index (χ3v) is 5.02. The SMILES string of the molecule is CCOc1cc2occ(C)c2cc1/C(C)=C/C(=O)NCCCN1CCCC1=O. The fourth-order valence-electron chi connectivity index (χ4n) is 3.51. The number of hydrogen-bond acceptors (Lipinski definition) is 4. The fraction of sp³-hybridized carbons (Fsp3) is 0.455. The van der Waals surface area contributed by atoms with E-state index < -0.39 is 0 Å². The molecular formula is C22H28N2O4. The zero-order valence-electron chi connectivity index (χ0n) is 16.8. The van der Waals surface area contributed by atoms with Crippen molar-refractivity contribution >= 4 is 28.4 Å². The van der Waals surface area contributed by atoms with Gasteiger partial charge < -0.3 is 19.4 Å². The molecule has 0 aliphatic carbocycles. The summed E-state index contributed by atoms with van der Waals surface area (Å²) < 4.78 is 11.3. The van der Waals surface area contributed by atoms with E-state index in [1.165, 1.54) is 0 Å². The van der Waals surface area contributed by atoms with Crippen LogP contribution in [0.3, 0.4) is 0 Å². The van der Waals surface area contributed by atoms with Crippen LogP contribution in [0.1, 0.15) is 44.2 Å². The van der Waals surface area contributed by atoms with Crippen molar-refractivity contribution < 1.29 is 18.7 Å². The number of nitrogens with zero attached hydrogens (tertiary/aromatic N) is 1. The van der Waals surface area contributed by atoms with Crippen molar-refractivity contribution in [3.63, 3.8) is 0 Å². The van der Waals surface area contributed by atoms with Crippen LogP contribution in [0, 0.1) is 6.92 Å². The number of fused-ring (bicyclic) bond motifs is 1. The lowest BCUT2D eigenvalue weighted by Gasteiger charge is -2.15. The number of carbonyl (C=O) groups excluding carboxylic acids is 2. The molecule has 6 heteroatoms. The number of allylic oxidation sites excluding steroid dienone is 1. The number of rotatable bonds is 8. The molecule has 0 unspecified atom stereocenters. The molecule has 0 saturated carbocycles. The van der Waals surface area contributed by atoms with E-state index in [2.05, 4.69) is 5.32 Å². The van der Waals surface area contributed by atoms with Crippen molar-refractivity contribution in [1.29, 1.82) is 0 Å². The normalized spacial score (nSPS) is 14.8. The van der Waals surface area contributed by atoms with Crippen molar-refractivity contribution in [2.45, 2.75) is 40.0 Å². The molecule has 3 rings (SSSR count). The number of furan rings is 1. The van der Waals surface area contributed by atoms with Gasteiger partial charge in [-0.1, -0.05) is 0 Å². The minimum atomic E-state index is -0.142. The molecule has 1 aromatic heterocycles. The Bertz CT molecular complexity index is 897. The molecule has 28 heavy (non-hydrogen) atoms. The summed E-state index contributed by atoms with van der Waals surface area (Å²) in [6.07, 6.45) is 5.67. The molecule has 6 nitrogen and oxygen atoms in total. The highest BCUT2D eigenvalue weighted by molar-refractivity contribution is 5.97. The first-order chi connectivity index (χ1) is 13.5. The van der Waals surface area contributed by atoms with Crippen LogP contribution in [0.5, 0.6) is 5.75 Å². The number of benzene rings is 1. The maximum atomic E-state index is 12.3. The van der Waals surface area contributed by atoms with E-state index in [0.29, 0.717) is 31.9 Å². The molecule has 0 radical (unpaired) electrons. The van der Waals surface area contributed by atoms with Gasteiger partial charge in [0, 0.05) is 49.1 Å². The number of carbonyl (C=O) groups is 2. The van der Waals surface area contributed by atoms with Gasteiger partial charge in [0.2, 0.25) is 11.8 Å². The van der Waals surface area contributed by atoms with Crippen LogP contribution in [-0.2, 0) is 9.59 Å². The molecule has 1 aliphatic heterocycles. The Morgan fingerprint density at radius 1 is 1.39 bits per heavy atom. The summed E-state index contributed by atoms with van der Waals surface area (Å²) in [5.41, 5.74) is 3.54. The van der Waals surface area contributed by atoms with Gasteiger partial charge in [0.25, 0.3) is 0 Å². The summed E-state index contributed by atoms with van der Waals surface area (Å²) >= 11 is 0. The number of ether oxygens (including phenoxy) is 1. The molecule has 0 spiro atoms. The van der Waals surface area contributed by atoms with Gasteiger partial charge in [-0.15, -0.1) is 0 Å². The molecule has 1 saturated heterocycles. The summed E-state index contributed by atoms with van der Waals surface area (Å²) in [7, 11) is 0. The summed E-state index contributed by atoms with van der Waals surface area (Å²) in [6, 6.07) is 3.89. The van der Waals surface area contributed by atoms with Crippen LogP contribution in [0.2, 0.25) is 0 Å². The highest BCUT2D eigenvalue weighted by Gasteiger charge is 2.19. The fourth-order valence-corrected chi connectivity index (χ4v) is 3.51. The van der Waals surface area contributed by atoms with E-state index in [4.69, 9.17) is 9.15 Å². The molecule has 2 heterocycles. The monoisotopic (exact) mass is 384 g/mol. The van der Waals surface area contributed by atoms with E-state index in [1.54, 1.807) is 12.3 Å². The molecule has 2 amide bonds. The summed E-state index contributed by atoms with van der Waals surface area (Å²) in [6.45, 7) is 8.44. The number of nitrogens with one attached hydrogen (secondary N) is 1. The summed E-state index contributed by atoms with van der Waals surface area (Å²) in [4.78, 5) is 25.8. The smallest absolute Gasteiger partial charge is 0.244 e. The van der Waals surface area contributed by atoms with Gasteiger partial charge in [0.15, 0.2) is 0 Å². The number of aryl methyl sites for hydroxylation is 1. The molecular weight excluding hydrogens is 356 g/mol. The molecule has 2 aromatic rings. The molecule has 0 bridgehead atoms. The molecule has 150 valence electrons. The Kier molecular flexibility index (Phi) is 6.39. The minimum absolute atomic E-state index is 0.142. The van der Waals surface area contributed by atoms with E-state index in [-0.39, 0.29) is 11.8 Å². The third-order valence-electron chi connectivity index (χ3n) is 5.02. The topological polar surface area (TPSA) is 71.8 Å². The third kappa shape index (κ3) is 4.55. The van der Waals surface area contributed by atoms with Gasteiger partial charge in [-0.2, -0.15) is 0 Å². The Morgan fingerprint density at radius 3 is 2.93 bits per heavy atom. The average molecular weight is 384 g/mol. The number of amides is 2. The molecule has 1 aromatic carbocycles. The van der Waals surface area contributed by atoms with Crippen molar-refractivity contribution in [1.82, 2.24) is 10.2 Å². The maximum Gasteiger partial charge on any atom is 0.244 e. The molecule has 1 N–H and O–H groups in total. The quantitative estimate of drug-likeness (QED) is 0.557. The zero-order valence-corrected chi connectivity index (χ0v) is 16.8. The van der Waals surface area contributed by atoms with Gasteiger partial charge in [-0.05, 0) is 50.8 Å². The van der Waals surface area contributed by atoms with E-state index in [1.807, 2.05) is 37.8 Å². The number of hydrogen-bond donors (Lipinski definition) is 1. The van der Waals surface area contributed by atoms with Crippen LogP contribution in [-0.4, -0.2) is 43.0 Å². The van der Waals surface area contributed by atoms with Crippen LogP contribution in [0.25, 0.3) is 16.5 Å². The molecule has 1 fully saturated rings. The Morgan fingerprint density at radius 2 is 2.21 bits per heavy atom. The lowest BCUT2D eigenvalue weighted by atomic mass is 10.0. The predicted molar refractivity (Wildman–Crippen MR) is 109 cm³/mol. The van der Waals surface area contributed by atoms with Crippen LogP contribution in [0.15, 0.2) is 28.9 Å². The highest BCUT2D eigenvalue weighted by atomic mass is 16.5. The second-order valence-electron chi connectivity index (χ2n) is 7.15. The average Bonchev–Trinajstić information content (AvgIpc) is 3.24. The van der Waals surface area contributed by atoms with Crippen molar-refractivity contribution in [2.75, 3.05) is 26.2 Å². The van der Waals surface area contributed by atoms with Gasteiger partial charge in [-0.3, -0.25) is 9.59 Å². The van der Waals surface area contributed by atoms with Gasteiger partial charge in [0.05, 0.1) is 12.9 Å². The van der Waals surface area contributed by atoms with Gasteiger partial charge >= 0.3 is 0 Å². The van der Waals surface area contributed by atoms with Crippen LogP contribution in [0.4, 0.5) is 0 Å². The Labute approximate surface area is 165 Å². The molecule has 1 aliphatic rings. The maximum absolute atomic E-state index is 12.3. The van der Waals surface area contributed by atoms with E-state index >= 15 is 0 Å². The second kappa shape index (κ2) is 8.95. The van der Waals surface area contributed by atoms with E-state index in [9.17, 15) is 9.59 Å². The first kappa shape index (κ1) is 20.0. The second-order valence-corrected chi connectivity index (χ2v) is 7.15. The molecule has 0 atom stereocenters. The van der Waals surface area contributed by atoms with Crippen LogP contribution < -0.4 is 10.1 Å². The lowest BCUT2D eigenvalue weighted by Crippen LogP contribution is -2.30. The zero-order chi connectivity index (χ0) is 20.1. The largest absolute Gasteiger partial charge is 0.493 e. The van der Waals surface area contributed by atoms with Gasteiger partial charge in [0.1, 0.15) is 11.3 Å². The summed E-state index contributed by atoms with van der Waals surface area (Å²) in [5, 5.41) is 3.92. The Balaban J connectivity index is 1.64. The van der Waals surface area contributed by atoms with Crippen LogP contribution >= 0.6 is 0 Å². The Hall–Kier alpha value is -2.76. The van der Waals surface area contributed by atoms with Gasteiger partial charge in [-0.25, -0.2) is 0 Å². The van der Waals surface area contributed by atoms with Crippen molar-refractivity contribution in [2.24, 2.45) is 0 Å². The first-order valence-electron chi connectivity index (χ1n) is 9.88. The number of likely N-dealkylation sites (tertiary alicyclic amines) is 1. The van der Waals surface area contributed by atoms with E-state index in [0.717, 1.165) is 47.1 Å². The highest BCUT2D eigenvalue weighted by Crippen LogP contribution is 2.33.